The average Bonchev–Trinajstić information content (AvgIpc) is 2.67. The summed E-state index contributed by atoms with van der Waals surface area (Å²) in [5.41, 5.74) is -1.13. The summed E-state index contributed by atoms with van der Waals surface area (Å²) < 4.78 is 47.4. The molecule has 1 N–H and O–H groups in total. The van der Waals surface area contributed by atoms with Gasteiger partial charge in [-0.15, -0.1) is 0 Å². The van der Waals surface area contributed by atoms with Gasteiger partial charge in [-0.05, 0) is 38.0 Å². The summed E-state index contributed by atoms with van der Waals surface area (Å²) in [6.45, 7) is 6.20. The number of halogens is 3. The van der Waals surface area contributed by atoms with E-state index in [2.05, 4.69) is 4.99 Å². The van der Waals surface area contributed by atoms with Crippen molar-refractivity contribution in [2.45, 2.75) is 39.0 Å². The van der Waals surface area contributed by atoms with Crippen LogP contribution in [0.2, 0.25) is 0 Å². The molecule has 0 aliphatic heterocycles. The normalized spacial score (nSPS) is 14.1. The molecule has 7 heteroatoms. The predicted octanol–water partition coefficient (Wildman–Crippen LogP) is 4.92. The summed E-state index contributed by atoms with van der Waals surface area (Å²) in [5.74, 6) is -0.0613. The molecule has 1 unspecified atom stereocenters. The third kappa shape index (κ3) is 5.09. The molecule has 0 aromatic heterocycles. The maximum absolute atomic E-state index is 14.1. The van der Waals surface area contributed by atoms with Crippen LogP contribution in [0.5, 0.6) is 5.75 Å². The zero-order chi connectivity index (χ0) is 21.8. The fraction of sp³-hybridized carbons (Fsp3) is 0.409. The predicted molar refractivity (Wildman–Crippen MR) is 109 cm³/mol. The molecule has 0 bridgehead atoms. The topological polar surface area (TPSA) is 45.1 Å². The monoisotopic (exact) mass is 408 g/mol. The van der Waals surface area contributed by atoms with Gasteiger partial charge >= 0.3 is 6.18 Å². The van der Waals surface area contributed by atoms with Crippen molar-refractivity contribution in [2.75, 3.05) is 20.7 Å². The largest absolute Gasteiger partial charge is 0.496 e. The number of rotatable bonds is 7. The molecule has 0 heterocycles. The van der Waals surface area contributed by atoms with Gasteiger partial charge in [-0.3, -0.25) is 0 Å². The van der Waals surface area contributed by atoms with Crippen LogP contribution in [0.15, 0.2) is 41.4 Å². The highest BCUT2D eigenvalue weighted by Gasteiger charge is 2.56. The van der Waals surface area contributed by atoms with Crippen molar-refractivity contribution in [3.63, 3.8) is 0 Å². The third-order valence-electron chi connectivity index (χ3n) is 4.91. The van der Waals surface area contributed by atoms with Crippen LogP contribution in [-0.2, 0) is 12.0 Å². The van der Waals surface area contributed by atoms with E-state index in [-0.39, 0.29) is 11.3 Å². The number of aryl methyl sites for hydroxylation is 2. The van der Waals surface area contributed by atoms with Crippen LogP contribution in [0.4, 0.5) is 18.9 Å². The highest BCUT2D eigenvalue weighted by atomic mass is 19.4. The number of hydrogen-bond acceptors (Lipinski definition) is 3. The van der Waals surface area contributed by atoms with E-state index in [4.69, 9.17) is 4.74 Å². The molecule has 0 radical (unpaired) electrons. The van der Waals surface area contributed by atoms with E-state index in [9.17, 15) is 18.3 Å². The van der Waals surface area contributed by atoms with Crippen molar-refractivity contribution in [2.24, 2.45) is 4.99 Å². The van der Waals surface area contributed by atoms with Gasteiger partial charge in [-0.1, -0.05) is 29.8 Å². The van der Waals surface area contributed by atoms with E-state index in [1.165, 1.54) is 19.2 Å². The van der Waals surface area contributed by atoms with Crippen LogP contribution in [0.1, 0.15) is 29.2 Å². The molecular formula is C22H27F3N2O2. The first-order chi connectivity index (χ1) is 13.5. The van der Waals surface area contributed by atoms with E-state index in [1.807, 2.05) is 25.8 Å². The highest BCUT2D eigenvalue weighted by molar-refractivity contribution is 5.65. The van der Waals surface area contributed by atoms with Crippen LogP contribution in [-0.4, -0.2) is 43.2 Å². The molecule has 0 fully saturated rings. The van der Waals surface area contributed by atoms with Gasteiger partial charge in [0.1, 0.15) is 5.75 Å². The van der Waals surface area contributed by atoms with Gasteiger partial charge in [0, 0.05) is 31.6 Å². The third-order valence-corrected chi connectivity index (χ3v) is 4.91. The molecule has 158 valence electrons. The van der Waals surface area contributed by atoms with Crippen molar-refractivity contribution >= 4 is 12.0 Å². The summed E-state index contributed by atoms with van der Waals surface area (Å²) >= 11 is 0. The van der Waals surface area contributed by atoms with Gasteiger partial charge in [0.2, 0.25) is 0 Å². The van der Waals surface area contributed by atoms with Gasteiger partial charge in [-0.25, -0.2) is 4.99 Å². The van der Waals surface area contributed by atoms with Crippen LogP contribution in [0.3, 0.4) is 0 Å². The second-order valence-electron chi connectivity index (χ2n) is 7.18. The van der Waals surface area contributed by atoms with Crippen LogP contribution in [0.25, 0.3) is 0 Å². The number of nitrogens with zero attached hydrogens (tertiary/aromatic N) is 2. The van der Waals surface area contributed by atoms with E-state index in [0.717, 1.165) is 12.1 Å². The molecule has 0 saturated heterocycles. The fourth-order valence-electron chi connectivity index (χ4n) is 2.90. The number of methoxy groups -OCH3 is 1. The van der Waals surface area contributed by atoms with Gasteiger partial charge in [0.25, 0.3) is 0 Å². The lowest BCUT2D eigenvalue weighted by molar-refractivity contribution is -0.266. The van der Waals surface area contributed by atoms with Gasteiger partial charge in [-0.2, -0.15) is 13.2 Å². The number of alkyl halides is 3. The minimum Gasteiger partial charge on any atom is -0.496 e. The summed E-state index contributed by atoms with van der Waals surface area (Å²) in [7, 11) is 3.12. The van der Waals surface area contributed by atoms with Crippen molar-refractivity contribution in [1.29, 1.82) is 0 Å². The second kappa shape index (κ2) is 8.86. The van der Waals surface area contributed by atoms with Gasteiger partial charge < -0.3 is 14.7 Å². The summed E-state index contributed by atoms with van der Waals surface area (Å²) in [6.07, 6.45) is -3.91. The van der Waals surface area contributed by atoms with Crippen molar-refractivity contribution < 1.29 is 23.0 Å². The maximum atomic E-state index is 14.1. The number of ether oxygens (including phenoxy) is 1. The second-order valence-corrected chi connectivity index (χ2v) is 7.18. The molecule has 0 spiro atoms. The SMILES string of the molecule is CCN(C)/C=N/c1cc(OC)c(C(O)(Cc2ccc(C)cc2)C(F)(F)F)cc1C. The number of aliphatic hydroxyl groups is 1. The Morgan fingerprint density at radius 2 is 1.76 bits per heavy atom. The Kier molecular flexibility index (Phi) is 6.95. The molecule has 2 aromatic carbocycles. The number of aliphatic imine (C=N–C) groups is 1. The van der Waals surface area contributed by atoms with Crippen molar-refractivity contribution in [3.05, 3.63) is 58.7 Å². The van der Waals surface area contributed by atoms with Gasteiger partial charge in [0.15, 0.2) is 5.60 Å². The van der Waals surface area contributed by atoms with Crippen molar-refractivity contribution in [3.8, 4) is 5.75 Å². The Hall–Kier alpha value is -2.54. The lowest BCUT2D eigenvalue weighted by Gasteiger charge is -2.33. The van der Waals surface area contributed by atoms with Crippen LogP contribution < -0.4 is 4.74 Å². The van der Waals surface area contributed by atoms with E-state index >= 15 is 0 Å². The maximum Gasteiger partial charge on any atom is 0.421 e. The lowest BCUT2D eigenvalue weighted by atomic mass is 9.84. The molecule has 1 atom stereocenters. The molecule has 2 aromatic rings. The Bertz CT molecular complexity index is 864. The molecule has 2 rings (SSSR count). The molecule has 29 heavy (non-hydrogen) atoms. The highest BCUT2D eigenvalue weighted by Crippen LogP contribution is 2.46. The Labute approximate surface area is 169 Å². The van der Waals surface area contributed by atoms with Crippen LogP contribution in [0, 0.1) is 13.8 Å². The fourth-order valence-corrected chi connectivity index (χ4v) is 2.90. The smallest absolute Gasteiger partial charge is 0.421 e. The van der Waals surface area contributed by atoms with Gasteiger partial charge in [0.05, 0.1) is 19.1 Å². The minimum atomic E-state index is -4.90. The first-order valence-electron chi connectivity index (χ1n) is 9.30. The van der Waals surface area contributed by atoms with Crippen LogP contribution >= 0.6 is 0 Å². The lowest BCUT2D eigenvalue weighted by Crippen LogP contribution is -2.44. The molecule has 0 aliphatic rings. The molecule has 0 saturated carbocycles. The van der Waals surface area contributed by atoms with E-state index in [0.29, 0.717) is 16.8 Å². The molecule has 0 aliphatic carbocycles. The van der Waals surface area contributed by atoms with E-state index < -0.39 is 18.2 Å². The molecular weight excluding hydrogens is 381 g/mol. The Morgan fingerprint density at radius 1 is 1.14 bits per heavy atom. The Morgan fingerprint density at radius 3 is 2.28 bits per heavy atom. The molecule has 0 amide bonds. The first-order valence-corrected chi connectivity index (χ1v) is 9.30. The standard InChI is InChI=1S/C22H27F3N2O2/c1-6-27(4)14-26-19-12-20(29-5)18(11-16(19)3)21(28,22(23,24)25)13-17-9-7-15(2)8-10-17/h7-12,14,28H,6,13H2,1-5H3/b26-14+. The zero-order valence-electron chi connectivity index (χ0n) is 17.3. The first kappa shape index (κ1) is 22.7. The molecule has 4 nitrogen and oxygen atoms in total. The van der Waals surface area contributed by atoms with E-state index in [1.54, 1.807) is 37.5 Å². The average molecular weight is 408 g/mol. The minimum absolute atomic E-state index is 0.0613. The number of hydrogen-bond donors (Lipinski definition) is 1. The summed E-state index contributed by atoms with van der Waals surface area (Å²) in [6, 6.07) is 9.35. The zero-order valence-corrected chi connectivity index (χ0v) is 17.3. The number of benzene rings is 2. The summed E-state index contributed by atoms with van der Waals surface area (Å²) in [4.78, 5) is 6.16. The van der Waals surface area contributed by atoms with Crippen molar-refractivity contribution in [1.82, 2.24) is 4.90 Å². The quantitative estimate of drug-likeness (QED) is 0.523. The Balaban J connectivity index is 2.57. The summed E-state index contributed by atoms with van der Waals surface area (Å²) in [5, 5.41) is 10.9.